The van der Waals surface area contributed by atoms with Crippen molar-refractivity contribution >= 4 is 22.5 Å². The van der Waals surface area contributed by atoms with Crippen molar-refractivity contribution in [1.82, 2.24) is 14.8 Å². The number of aromatic nitrogens is 1. The number of benzene rings is 2. The van der Waals surface area contributed by atoms with Crippen molar-refractivity contribution in [1.29, 1.82) is 0 Å². The van der Waals surface area contributed by atoms with Gasteiger partial charge in [-0.25, -0.2) is 4.89 Å². The van der Waals surface area contributed by atoms with E-state index in [9.17, 15) is 0 Å². The van der Waals surface area contributed by atoms with E-state index in [0.717, 1.165) is 42.3 Å². The molecule has 1 radical (unpaired) electrons. The molecule has 1 saturated heterocycles. The van der Waals surface area contributed by atoms with Crippen molar-refractivity contribution in [2.24, 2.45) is 0 Å². The Labute approximate surface area is 250 Å². The van der Waals surface area contributed by atoms with Gasteiger partial charge in [0, 0.05) is 80.5 Å². The van der Waals surface area contributed by atoms with E-state index in [0.29, 0.717) is 6.61 Å². The van der Waals surface area contributed by atoms with Gasteiger partial charge in [0.1, 0.15) is 5.75 Å². The second kappa shape index (κ2) is 15.5. The maximum Gasteiger partial charge on any atom is 0.119 e. The number of nitrogens with zero attached hydrogens (tertiary/aromatic N) is 3. The summed E-state index contributed by atoms with van der Waals surface area (Å²) in [5.41, 5.74) is 4.89. The van der Waals surface area contributed by atoms with Crippen LogP contribution in [0.5, 0.6) is 5.75 Å². The molecule has 2 aliphatic rings. The molecule has 0 aliphatic carbocycles. The van der Waals surface area contributed by atoms with Crippen molar-refractivity contribution in [2.45, 2.75) is 32.2 Å². The first-order chi connectivity index (χ1) is 17.6. The second-order valence-corrected chi connectivity index (χ2v) is 9.89. The minimum absolute atomic E-state index is 0. The summed E-state index contributed by atoms with van der Waals surface area (Å²) in [5, 5.41) is 14.3. The van der Waals surface area contributed by atoms with Gasteiger partial charge in [-0.1, -0.05) is 35.3 Å². The molecule has 1 unspecified atom stereocenters. The molecule has 1 atom stereocenters. The van der Waals surface area contributed by atoms with Crippen molar-refractivity contribution < 1.29 is 47.6 Å². The van der Waals surface area contributed by atoms with Crippen LogP contribution < -0.4 is 4.74 Å². The van der Waals surface area contributed by atoms with Crippen LogP contribution in [0.1, 0.15) is 42.6 Å². The monoisotopic (exact) mass is 602 g/mol. The van der Waals surface area contributed by atoms with E-state index < -0.39 is 0 Å². The summed E-state index contributed by atoms with van der Waals surface area (Å²) in [6, 6.07) is 14.6. The Hall–Kier alpha value is -1.03. The van der Waals surface area contributed by atoms with Gasteiger partial charge in [0.05, 0.1) is 13.2 Å². The quantitative estimate of drug-likeness (QED) is 0.195. The van der Waals surface area contributed by atoms with Crippen LogP contribution in [0.15, 0.2) is 42.5 Å². The third-order valence-electron chi connectivity index (χ3n) is 6.91. The minimum Gasteiger partial charge on any atom is -0.650 e. The average Bonchev–Trinajstić information content (AvgIpc) is 3.28. The van der Waals surface area contributed by atoms with Gasteiger partial charge >= 0.3 is 0 Å². The van der Waals surface area contributed by atoms with Crippen molar-refractivity contribution in [3.8, 4) is 5.75 Å². The predicted octanol–water partition coefficient (Wildman–Crippen LogP) is 5.74. The summed E-state index contributed by atoms with van der Waals surface area (Å²) in [6.45, 7) is 9.62. The summed E-state index contributed by atoms with van der Waals surface area (Å²) in [7, 11) is 2.20. The molecule has 9 heteroatoms. The van der Waals surface area contributed by atoms with Gasteiger partial charge in [0.15, 0.2) is 0 Å². The fourth-order valence-corrected chi connectivity index (χ4v) is 5.03. The minimum atomic E-state index is 0. The first-order valence-electron chi connectivity index (χ1n) is 13.0. The van der Waals surface area contributed by atoms with Crippen LogP contribution in [-0.4, -0.2) is 79.6 Å². The number of piperazine rings is 1. The molecule has 0 spiro atoms. The van der Waals surface area contributed by atoms with Gasteiger partial charge in [-0.15, -0.1) is 6.54 Å². The number of likely N-dealkylation sites (N-methyl/N-ethyl adjacent to an activating group) is 1. The van der Waals surface area contributed by atoms with E-state index >= 15 is 0 Å². The Kier molecular flexibility index (Phi) is 12.8. The van der Waals surface area contributed by atoms with Crippen LogP contribution in [0.25, 0.3) is 16.2 Å². The first kappa shape index (κ1) is 30.5. The molecule has 5 rings (SSSR count). The van der Waals surface area contributed by atoms with Gasteiger partial charge in [-0.2, -0.15) is 0 Å². The molecule has 0 amide bonds. The Morgan fingerprint density at radius 1 is 1.08 bits per heavy atom. The molecule has 2 aliphatic heterocycles. The van der Waals surface area contributed by atoms with Gasteiger partial charge < -0.3 is 24.8 Å². The molecule has 0 saturated carbocycles. The third kappa shape index (κ3) is 8.48. The molecule has 3 aromatic rings. The molecule has 7 nitrogen and oxygen atoms in total. The van der Waals surface area contributed by atoms with Gasteiger partial charge in [-0.3, -0.25) is 5.26 Å². The summed E-state index contributed by atoms with van der Waals surface area (Å²) in [6.07, 6.45) is 3.24. The number of halogens is 1. The zero-order valence-corrected chi connectivity index (χ0v) is 25.6. The summed E-state index contributed by atoms with van der Waals surface area (Å²) in [5.74, 6) is 0.938. The van der Waals surface area contributed by atoms with E-state index in [2.05, 4.69) is 63.1 Å². The van der Waals surface area contributed by atoms with Crippen molar-refractivity contribution in [3.63, 3.8) is 0 Å². The van der Waals surface area contributed by atoms with Gasteiger partial charge in [-0.05, 0) is 75.7 Å². The van der Waals surface area contributed by atoms with E-state index in [1.54, 1.807) is 6.92 Å². The topological polar surface area (TPSA) is 75.1 Å². The van der Waals surface area contributed by atoms with Crippen LogP contribution >= 0.6 is 11.6 Å². The average molecular weight is 603 g/mol. The normalized spacial score (nSPS) is 18.0. The fraction of sp³-hybridized carbons (Fsp3) is 0.500. The predicted molar refractivity (Wildman–Crippen MR) is 146 cm³/mol. The molecule has 1 fully saturated rings. The summed E-state index contributed by atoms with van der Waals surface area (Å²) >= 11 is 6.24. The molecule has 1 aromatic heterocycles. The maximum atomic E-state index is 7.38. The van der Waals surface area contributed by atoms with Crippen molar-refractivity contribution in [3.05, 3.63) is 69.6 Å². The molecule has 2 N–H and O–H groups in total. The van der Waals surface area contributed by atoms with E-state index in [1.807, 2.05) is 6.07 Å². The number of ether oxygens (including phenoxy) is 1. The Bertz CT molecular complexity index is 1080. The number of aromatic amines is 1. The van der Waals surface area contributed by atoms with E-state index in [4.69, 9.17) is 26.9 Å². The Morgan fingerprint density at radius 3 is 2.51 bits per heavy atom. The zero-order chi connectivity index (χ0) is 25.3. The number of rotatable bonds is 8. The van der Waals surface area contributed by atoms with Crippen molar-refractivity contribution in [2.75, 3.05) is 59.5 Å². The fourth-order valence-electron chi connectivity index (χ4n) is 4.86. The molecular formula is C28H38ClN4O3Y-. The maximum absolute atomic E-state index is 7.38. The summed E-state index contributed by atoms with van der Waals surface area (Å²) in [4.78, 5) is 12.1. The Morgan fingerprint density at radius 2 is 1.81 bits per heavy atom. The molecule has 199 valence electrons. The number of unbranched alkanes of at least 4 members (excludes halogenated alkanes) is 1. The number of hydrogen-bond acceptors (Lipinski definition) is 5. The standard InChI is InChI=1S/C26H32ClN4O.C2H6O2.Y/c1-30-13-15-31(16-14-30)12-2-3-17-32-21-7-4-19(5-8-21)25-26-22(10-11-28-25)23-18-20(27)6-9-24(23)29-26;1-2-4-3;/h4-9,18,25,29H,2-3,10-17H2,1H3;3H,2H2,1H3;/q-1;;. The smallest absolute Gasteiger partial charge is 0.119 e. The molecule has 0 bridgehead atoms. The number of hydrogen-bond donors (Lipinski definition) is 2. The molecule has 2 aromatic carbocycles. The molecule has 3 heterocycles. The Balaban J connectivity index is 0.000000711. The number of nitrogens with one attached hydrogen (secondary N) is 1. The number of H-pyrrole nitrogens is 1. The largest absolute Gasteiger partial charge is 0.650 e. The summed E-state index contributed by atoms with van der Waals surface area (Å²) < 4.78 is 6.01. The van der Waals surface area contributed by atoms with Crippen LogP contribution in [0.4, 0.5) is 0 Å². The second-order valence-electron chi connectivity index (χ2n) is 9.45. The van der Waals surface area contributed by atoms with Crippen LogP contribution in [0, 0.1) is 0 Å². The van der Waals surface area contributed by atoms with E-state index in [-0.39, 0.29) is 38.8 Å². The third-order valence-corrected chi connectivity index (χ3v) is 7.14. The molecular weight excluding hydrogens is 565 g/mol. The van der Waals surface area contributed by atoms with Crippen LogP contribution in [0.2, 0.25) is 5.02 Å². The SMILES string of the molecule is CCOO.CN1CCN(CCCCOc2ccc(C3[N-]CCc4c3[nH]c3ccc(Cl)cc43)cc2)CC1.[Y]. The first-order valence-corrected chi connectivity index (χ1v) is 13.3. The number of fused-ring (bicyclic) bond motifs is 3. The van der Waals surface area contributed by atoms with Crippen LogP contribution in [0.3, 0.4) is 0 Å². The van der Waals surface area contributed by atoms with Gasteiger partial charge in [0.2, 0.25) is 0 Å². The van der Waals surface area contributed by atoms with E-state index in [1.165, 1.54) is 61.4 Å². The zero-order valence-electron chi connectivity index (χ0n) is 22.0. The van der Waals surface area contributed by atoms with Crippen LogP contribution in [-0.2, 0) is 44.0 Å². The molecule has 37 heavy (non-hydrogen) atoms. The van der Waals surface area contributed by atoms with Gasteiger partial charge in [0.25, 0.3) is 0 Å².